The molecule has 3 unspecified atom stereocenters. The van der Waals surface area contributed by atoms with Crippen LogP contribution in [0.5, 0.6) is 5.75 Å². The highest BCUT2D eigenvalue weighted by Gasteiger charge is 2.39. The highest BCUT2D eigenvalue weighted by molar-refractivity contribution is 5.81. The number of allylic oxidation sites excluding steroid dienone is 3. The number of hydrogen-bond donors (Lipinski definition) is 3. The summed E-state index contributed by atoms with van der Waals surface area (Å²) in [5.74, 6) is -0.0933. The van der Waals surface area contributed by atoms with Crippen molar-refractivity contribution in [1.29, 1.82) is 0 Å². The van der Waals surface area contributed by atoms with Crippen LogP contribution < -0.4 is 4.74 Å². The molecule has 0 aromatic heterocycles. The molecule has 6 nitrogen and oxygen atoms in total. The van der Waals surface area contributed by atoms with Crippen molar-refractivity contribution in [3.63, 3.8) is 0 Å². The van der Waals surface area contributed by atoms with E-state index >= 15 is 0 Å². The van der Waals surface area contributed by atoms with Crippen LogP contribution in [-0.4, -0.2) is 53.3 Å². The van der Waals surface area contributed by atoms with Gasteiger partial charge in [0.1, 0.15) is 18.5 Å². The molecule has 0 heterocycles. The summed E-state index contributed by atoms with van der Waals surface area (Å²) in [6.45, 7) is 0.114. The summed E-state index contributed by atoms with van der Waals surface area (Å²) in [4.78, 5) is 11.0. The topological polar surface area (TPSA) is 96.2 Å². The minimum atomic E-state index is -0.806. The zero-order chi connectivity index (χ0) is 21.1. The average Bonchev–Trinajstić information content (AvgIpc) is 3.00. The van der Waals surface area contributed by atoms with Gasteiger partial charge in [0, 0.05) is 18.4 Å². The van der Waals surface area contributed by atoms with Gasteiger partial charge in [-0.25, -0.2) is 4.79 Å². The number of ether oxygens (including phenoxy) is 2. The summed E-state index contributed by atoms with van der Waals surface area (Å²) in [5.41, 5.74) is 0. The molecule has 0 radical (unpaired) electrons. The van der Waals surface area contributed by atoms with Gasteiger partial charge in [-0.1, -0.05) is 48.6 Å². The molecule has 29 heavy (non-hydrogen) atoms. The van der Waals surface area contributed by atoms with E-state index in [1.54, 1.807) is 18.2 Å². The van der Waals surface area contributed by atoms with Crippen LogP contribution in [0.2, 0.25) is 0 Å². The lowest BCUT2D eigenvalue weighted by Gasteiger charge is -2.19. The lowest BCUT2D eigenvalue weighted by Crippen LogP contribution is -2.21. The normalized spacial score (nSPS) is 25.8. The molecule has 0 amide bonds. The first-order chi connectivity index (χ1) is 14.0. The molecule has 1 aromatic carbocycles. The van der Waals surface area contributed by atoms with E-state index in [9.17, 15) is 20.1 Å². The average molecular weight is 402 g/mol. The zero-order valence-electron chi connectivity index (χ0n) is 16.6. The Morgan fingerprint density at radius 1 is 1.17 bits per heavy atom. The highest BCUT2D eigenvalue weighted by atomic mass is 16.5. The molecule has 6 heteroatoms. The van der Waals surface area contributed by atoms with E-state index in [0.717, 1.165) is 0 Å². The third-order valence-electron chi connectivity index (χ3n) is 4.94. The molecule has 1 aliphatic rings. The SMILES string of the molecule is COC(=O)/C=C\C/C=C\CC1C(O)CC(O)[C@@H]1/C=C/[C@@H](O)COc1ccccc1. The van der Waals surface area contributed by atoms with Crippen LogP contribution >= 0.6 is 0 Å². The molecule has 3 N–H and O–H groups in total. The van der Waals surface area contributed by atoms with E-state index in [1.165, 1.54) is 13.2 Å². The highest BCUT2D eigenvalue weighted by Crippen LogP contribution is 2.36. The lowest BCUT2D eigenvalue weighted by atomic mass is 9.89. The van der Waals surface area contributed by atoms with Crippen molar-refractivity contribution in [1.82, 2.24) is 0 Å². The fourth-order valence-corrected chi connectivity index (χ4v) is 3.38. The zero-order valence-corrected chi connectivity index (χ0v) is 16.6. The van der Waals surface area contributed by atoms with Gasteiger partial charge >= 0.3 is 5.97 Å². The molecule has 5 atom stereocenters. The molecule has 158 valence electrons. The molecular weight excluding hydrogens is 372 g/mol. The van der Waals surface area contributed by atoms with Crippen LogP contribution in [0.4, 0.5) is 0 Å². The maximum atomic E-state index is 11.0. The summed E-state index contributed by atoms with van der Waals surface area (Å²) in [6.07, 6.45) is 9.71. The Bertz CT molecular complexity index is 697. The van der Waals surface area contributed by atoms with Crippen LogP contribution in [0.3, 0.4) is 0 Å². The van der Waals surface area contributed by atoms with Crippen molar-refractivity contribution in [3.8, 4) is 5.75 Å². The molecule has 0 spiro atoms. The predicted octanol–water partition coefficient (Wildman–Crippen LogP) is 2.41. The molecule has 2 rings (SSSR count). The summed E-state index contributed by atoms with van der Waals surface area (Å²) in [7, 11) is 1.33. The Labute approximate surface area is 171 Å². The van der Waals surface area contributed by atoms with Crippen molar-refractivity contribution < 1.29 is 29.6 Å². The molecule has 1 fully saturated rings. The second-order valence-electron chi connectivity index (χ2n) is 7.06. The first-order valence-electron chi connectivity index (χ1n) is 9.81. The Morgan fingerprint density at radius 2 is 1.93 bits per heavy atom. The number of aliphatic hydroxyl groups excluding tert-OH is 3. The van der Waals surface area contributed by atoms with Gasteiger partial charge in [-0.2, -0.15) is 0 Å². The number of rotatable bonds is 10. The van der Waals surface area contributed by atoms with Gasteiger partial charge in [0.15, 0.2) is 0 Å². The Morgan fingerprint density at radius 3 is 2.66 bits per heavy atom. The van der Waals surface area contributed by atoms with Gasteiger partial charge in [0.25, 0.3) is 0 Å². The maximum absolute atomic E-state index is 11.0. The summed E-state index contributed by atoms with van der Waals surface area (Å²) < 4.78 is 10.0. The second-order valence-corrected chi connectivity index (χ2v) is 7.06. The maximum Gasteiger partial charge on any atom is 0.330 e. The smallest absolute Gasteiger partial charge is 0.330 e. The molecule has 0 saturated heterocycles. The number of carbonyl (C=O) groups is 1. The van der Waals surface area contributed by atoms with E-state index in [2.05, 4.69) is 4.74 Å². The van der Waals surface area contributed by atoms with Gasteiger partial charge < -0.3 is 24.8 Å². The van der Waals surface area contributed by atoms with Crippen LogP contribution in [0.25, 0.3) is 0 Å². The number of carbonyl (C=O) groups excluding carboxylic acids is 1. The summed E-state index contributed by atoms with van der Waals surface area (Å²) in [5, 5.41) is 30.7. The van der Waals surface area contributed by atoms with Gasteiger partial charge in [0.05, 0.1) is 19.3 Å². The number of hydrogen-bond acceptors (Lipinski definition) is 6. The van der Waals surface area contributed by atoms with Crippen molar-refractivity contribution in [2.75, 3.05) is 13.7 Å². The van der Waals surface area contributed by atoms with Crippen LogP contribution in [0.15, 0.2) is 66.8 Å². The second kappa shape index (κ2) is 12.2. The van der Waals surface area contributed by atoms with Crippen molar-refractivity contribution in [2.45, 2.75) is 37.6 Å². The fourth-order valence-electron chi connectivity index (χ4n) is 3.38. The third kappa shape index (κ3) is 7.85. The number of aliphatic hydroxyl groups is 3. The quantitative estimate of drug-likeness (QED) is 0.316. The molecular formula is C23H30O6. The third-order valence-corrected chi connectivity index (χ3v) is 4.94. The lowest BCUT2D eigenvalue weighted by molar-refractivity contribution is -0.134. The number of para-hydroxylation sites is 1. The molecule has 1 saturated carbocycles. The number of benzene rings is 1. The molecule has 1 aliphatic carbocycles. The standard InChI is InChI=1S/C23H30O6/c1-28-23(27)12-8-3-2-7-11-19-20(22(26)15-21(19)25)14-13-17(24)16-29-18-9-5-4-6-10-18/h2,4-10,12-14,17,19-22,24-26H,3,11,15-16H2,1H3/b7-2-,12-8-,14-13+/t17-,19?,20-,21?,22?/m1/s1. The van der Waals surface area contributed by atoms with Crippen molar-refractivity contribution in [2.24, 2.45) is 11.8 Å². The number of methoxy groups -OCH3 is 1. The predicted molar refractivity (Wildman–Crippen MR) is 110 cm³/mol. The Balaban J connectivity index is 1.83. The molecule has 1 aromatic rings. The van der Waals surface area contributed by atoms with Crippen LogP contribution in [0.1, 0.15) is 19.3 Å². The monoisotopic (exact) mass is 402 g/mol. The minimum absolute atomic E-state index is 0.114. The van der Waals surface area contributed by atoms with Crippen LogP contribution in [-0.2, 0) is 9.53 Å². The minimum Gasteiger partial charge on any atom is -0.491 e. The first-order valence-corrected chi connectivity index (χ1v) is 9.81. The summed E-state index contributed by atoms with van der Waals surface area (Å²) >= 11 is 0. The summed E-state index contributed by atoms with van der Waals surface area (Å²) in [6, 6.07) is 9.24. The number of esters is 1. The van der Waals surface area contributed by atoms with Gasteiger partial charge in [-0.3, -0.25) is 0 Å². The first kappa shape index (κ1) is 22.9. The Hall–Kier alpha value is -2.41. The van der Waals surface area contributed by atoms with E-state index in [4.69, 9.17) is 4.74 Å². The fraction of sp³-hybridized carbons (Fsp3) is 0.435. The van der Waals surface area contributed by atoms with Crippen LogP contribution in [0, 0.1) is 11.8 Å². The molecule has 0 aliphatic heterocycles. The van der Waals surface area contributed by atoms with Gasteiger partial charge in [-0.15, -0.1) is 0 Å². The van der Waals surface area contributed by atoms with E-state index in [0.29, 0.717) is 25.0 Å². The van der Waals surface area contributed by atoms with Crippen molar-refractivity contribution in [3.05, 3.63) is 66.8 Å². The molecule has 0 bridgehead atoms. The van der Waals surface area contributed by atoms with Crippen molar-refractivity contribution >= 4 is 5.97 Å². The van der Waals surface area contributed by atoms with E-state index < -0.39 is 24.3 Å². The van der Waals surface area contributed by atoms with E-state index in [-0.39, 0.29) is 18.4 Å². The van der Waals surface area contributed by atoms with Gasteiger partial charge in [-0.05, 0) is 30.9 Å². The largest absolute Gasteiger partial charge is 0.491 e. The van der Waals surface area contributed by atoms with Gasteiger partial charge in [0.2, 0.25) is 0 Å². The van der Waals surface area contributed by atoms with E-state index in [1.807, 2.05) is 42.5 Å². The Kier molecular flexibility index (Phi) is 9.64.